The van der Waals surface area contributed by atoms with Gasteiger partial charge in [-0.2, -0.15) is 11.8 Å². The van der Waals surface area contributed by atoms with Gasteiger partial charge in [0.15, 0.2) is 0 Å². The number of hydrogen-bond donors (Lipinski definition) is 3. The minimum Gasteiger partial charge on any atom is -0.462 e. The van der Waals surface area contributed by atoms with Crippen LogP contribution < -0.4 is 10.6 Å². The number of nitrogens with one attached hydrogen (secondary N) is 2. The maximum Gasteiger partial charge on any atom is 0.407 e. The molecule has 4 aromatic rings. The molecule has 10 nitrogen and oxygen atoms in total. The van der Waals surface area contributed by atoms with Crippen LogP contribution in [0.1, 0.15) is 53.9 Å². The number of amides is 3. The van der Waals surface area contributed by atoms with Crippen molar-refractivity contribution in [3.8, 4) is 11.1 Å². The van der Waals surface area contributed by atoms with Crippen molar-refractivity contribution in [1.29, 1.82) is 0 Å². The first-order valence-corrected chi connectivity index (χ1v) is 20.8. The average molecular weight is 804 g/mol. The Morgan fingerprint density at radius 1 is 0.793 bits per heavy atom. The van der Waals surface area contributed by atoms with E-state index in [1.54, 1.807) is 28.8 Å². The zero-order chi connectivity index (χ0) is 41.1. The first-order chi connectivity index (χ1) is 28.3. The van der Waals surface area contributed by atoms with Crippen LogP contribution in [-0.4, -0.2) is 78.1 Å². The van der Waals surface area contributed by atoms with E-state index in [-0.39, 0.29) is 63.4 Å². The van der Waals surface area contributed by atoms with Crippen LogP contribution in [0.4, 0.5) is 4.79 Å². The molecule has 3 amide bonds. The molecule has 1 aliphatic carbocycles. The lowest BCUT2D eigenvalue weighted by atomic mass is 9.98. The van der Waals surface area contributed by atoms with Crippen LogP contribution >= 0.6 is 11.8 Å². The van der Waals surface area contributed by atoms with Gasteiger partial charge in [-0.15, -0.1) is 13.2 Å². The highest BCUT2D eigenvalue weighted by molar-refractivity contribution is 7.98. The quantitative estimate of drug-likeness (QED) is 0.0521. The standard InChI is InChI=1S/C47H53N3O7S/c1-3-5-25-43(49-47(55)57-31-42-40-23-14-12-21-38(40)39-22-13-15-24-41(39)42)46(54)56-30-37(33-58-32-35-19-10-7-11-20-35)48-45(53)36(16-4-2)28-44(52)50(26-27-51)29-34-17-8-6-9-18-34/h3-4,6-15,17-24,36-37,42-43,51H,1-2,5,16,25-33H2,(H,48,53)(H,49,55). The van der Waals surface area contributed by atoms with E-state index in [4.69, 9.17) is 9.47 Å². The summed E-state index contributed by atoms with van der Waals surface area (Å²) < 4.78 is 11.5. The molecule has 11 heteroatoms. The van der Waals surface area contributed by atoms with Crippen LogP contribution in [0, 0.1) is 5.92 Å². The van der Waals surface area contributed by atoms with Gasteiger partial charge in [-0.1, -0.05) is 121 Å². The second kappa shape index (κ2) is 22.9. The van der Waals surface area contributed by atoms with E-state index in [0.717, 1.165) is 33.4 Å². The van der Waals surface area contributed by atoms with E-state index >= 15 is 0 Å². The predicted molar refractivity (Wildman–Crippen MR) is 229 cm³/mol. The van der Waals surface area contributed by atoms with Gasteiger partial charge >= 0.3 is 12.1 Å². The first kappa shape index (κ1) is 43.5. The molecule has 0 aromatic heterocycles. The van der Waals surface area contributed by atoms with Crippen molar-refractivity contribution in [3.05, 3.63) is 157 Å². The van der Waals surface area contributed by atoms with Gasteiger partial charge in [-0.05, 0) is 52.6 Å². The number of alkyl carbamates (subject to hydrolysis) is 1. The molecule has 0 heterocycles. The van der Waals surface area contributed by atoms with E-state index in [0.29, 0.717) is 24.5 Å². The molecule has 0 aliphatic heterocycles. The summed E-state index contributed by atoms with van der Waals surface area (Å²) in [7, 11) is 0. The summed E-state index contributed by atoms with van der Waals surface area (Å²) in [4.78, 5) is 55.7. The number of esters is 1. The number of ether oxygens (including phenoxy) is 2. The van der Waals surface area contributed by atoms with E-state index in [9.17, 15) is 24.3 Å². The summed E-state index contributed by atoms with van der Waals surface area (Å²) >= 11 is 1.57. The van der Waals surface area contributed by atoms with E-state index in [1.807, 2.05) is 97.1 Å². The molecule has 0 spiro atoms. The minimum absolute atomic E-state index is 0.0915. The van der Waals surface area contributed by atoms with Gasteiger partial charge in [0.25, 0.3) is 0 Å². The van der Waals surface area contributed by atoms with E-state index < -0.39 is 30.1 Å². The molecule has 3 N–H and O–H groups in total. The fraction of sp³-hybridized carbons (Fsp3) is 0.319. The normalized spacial score (nSPS) is 13.2. The number of thioether (sulfide) groups is 1. The van der Waals surface area contributed by atoms with Crippen LogP contribution in [-0.2, 0) is 36.2 Å². The van der Waals surface area contributed by atoms with Crippen molar-refractivity contribution in [3.63, 3.8) is 0 Å². The number of carbonyl (C=O) groups excluding carboxylic acids is 4. The number of aliphatic hydroxyl groups is 1. The lowest BCUT2D eigenvalue weighted by molar-refractivity contribution is -0.147. The van der Waals surface area contributed by atoms with Crippen LogP contribution in [0.2, 0.25) is 0 Å². The molecule has 4 aromatic carbocycles. The van der Waals surface area contributed by atoms with Gasteiger partial charge in [0.05, 0.1) is 18.6 Å². The molecule has 5 rings (SSSR count). The van der Waals surface area contributed by atoms with Crippen molar-refractivity contribution in [2.24, 2.45) is 5.92 Å². The maximum atomic E-state index is 13.8. The number of benzene rings is 4. The SMILES string of the molecule is C=CCCC(NC(=O)OCC1c2ccccc2-c2ccccc21)C(=O)OCC(CSCc1ccccc1)NC(=O)C(CC=C)CC(=O)N(CCO)Cc1ccccc1. The molecule has 3 unspecified atom stereocenters. The summed E-state index contributed by atoms with van der Waals surface area (Å²) in [6, 6.07) is 33.8. The molecule has 58 heavy (non-hydrogen) atoms. The van der Waals surface area contributed by atoms with E-state index in [2.05, 4.69) is 35.9 Å². The number of carbonyl (C=O) groups is 4. The number of hydrogen-bond acceptors (Lipinski definition) is 8. The van der Waals surface area contributed by atoms with Crippen LogP contribution in [0.25, 0.3) is 11.1 Å². The first-order valence-electron chi connectivity index (χ1n) is 19.7. The summed E-state index contributed by atoms with van der Waals surface area (Å²) in [6.07, 6.45) is 3.34. The third-order valence-corrected chi connectivity index (χ3v) is 11.1. The van der Waals surface area contributed by atoms with Gasteiger partial charge in [0.1, 0.15) is 19.3 Å². The van der Waals surface area contributed by atoms with Crippen molar-refractivity contribution in [1.82, 2.24) is 15.5 Å². The molecule has 0 saturated carbocycles. The predicted octanol–water partition coefficient (Wildman–Crippen LogP) is 7.42. The van der Waals surface area contributed by atoms with Crippen LogP contribution in [0.5, 0.6) is 0 Å². The third-order valence-electron chi connectivity index (χ3n) is 9.97. The zero-order valence-electron chi connectivity index (χ0n) is 32.8. The molecular formula is C47H53N3O7S. The Balaban J connectivity index is 1.22. The largest absolute Gasteiger partial charge is 0.462 e. The molecule has 3 atom stereocenters. The van der Waals surface area contributed by atoms with Crippen molar-refractivity contribution < 1.29 is 33.8 Å². The van der Waals surface area contributed by atoms with E-state index in [1.165, 1.54) is 0 Å². The van der Waals surface area contributed by atoms with Crippen LogP contribution in [0.3, 0.4) is 0 Å². The second-order valence-electron chi connectivity index (χ2n) is 14.2. The number of rotatable bonds is 23. The van der Waals surface area contributed by atoms with Crippen LogP contribution in [0.15, 0.2) is 135 Å². The van der Waals surface area contributed by atoms with Gasteiger partial charge in [-0.25, -0.2) is 9.59 Å². The Bertz CT molecular complexity index is 1930. The van der Waals surface area contributed by atoms with Crippen molar-refractivity contribution in [2.75, 3.05) is 32.1 Å². The molecule has 0 bridgehead atoms. The Hall–Kier alpha value is -5.65. The molecule has 0 fully saturated rings. The van der Waals surface area contributed by atoms with Gasteiger partial charge in [-0.3, -0.25) is 9.59 Å². The molecule has 0 radical (unpaired) electrons. The smallest absolute Gasteiger partial charge is 0.407 e. The number of aliphatic hydroxyl groups excluding tert-OH is 1. The highest BCUT2D eigenvalue weighted by Gasteiger charge is 2.31. The molecule has 0 saturated heterocycles. The number of nitrogens with zero attached hydrogens (tertiary/aromatic N) is 1. The summed E-state index contributed by atoms with van der Waals surface area (Å²) in [5.41, 5.74) is 6.38. The maximum absolute atomic E-state index is 13.8. The summed E-state index contributed by atoms with van der Waals surface area (Å²) in [6.45, 7) is 7.72. The fourth-order valence-electron chi connectivity index (χ4n) is 6.98. The molecular weight excluding hydrogens is 751 g/mol. The Morgan fingerprint density at radius 2 is 1.41 bits per heavy atom. The monoisotopic (exact) mass is 803 g/mol. The molecule has 304 valence electrons. The molecule has 1 aliphatic rings. The number of fused-ring (bicyclic) bond motifs is 3. The summed E-state index contributed by atoms with van der Waals surface area (Å²) in [5, 5.41) is 15.4. The Labute approximate surface area is 345 Å². The fourth-order valence-corrected chi connectivity index (χ4v) is 7.99. The average Bonchev–Trinajstić information content (AvgIpc) is 3.57. The highest BCUT2D eigenvalue weighted by Crippen LogP contribution is 2.44. The lowest BCUT2D eigenvalue weighted by Crippen LogP contribution is -2.47. The van der Waals surface area contributed by atoms with Gasteiger partial charge < -0.3 is 30.1 Å². The topological polar surface area (TPSA) is 134 Å². The highest BCUT2D eigenvalue weighted by atomic mass is 32.2. The van der Waals surface area contributed by atoms with Crippen molar-refractivity contribution >= 4 is 35.6 Å². The minimum atomic E-state index is -1.02. The second-order valence-corrected chi connectivity index (χ2v) is 15.2. The van der Waals surface area contributed by atoms with Gasteiger partial charge in [0.2, 0.25) is 11.8 Å². The van der Waals surface area contributed by atoms with Gasteiger partial charge in [0, 0.05) is 36.9 Å². The number of allylic oxidation sites excluding steroid dienone is 2. The van der Waals surface area contributed by atoms with Crippen molar-refractivity contribution in [2.45, 2.75) is 56.0 Å². The summed E-state index contributed by atoms with van der Waals surface area (Å²) in [5.74, 6) is -1.13. The Kier molecular flexibility index (Phi) is 17.2. The third kappa shape index (κ3) is 12.7. The Morgan fingerprint density at radius 3 is 2.03 bits per heavy atom. The lowest BCUT2D eigenvalue weighted by Gasteiger charge is -2.26. The zero-order valence-corrected chi connectivity index (χ0v) is 33.6.